The highest BCUT2D eigenvalue weighted by Gasteiger charge is 1.75. The zero-order valence-electron chi connectivity index (χ0n) is 4.70. The number of nitrogens with zero attached hydrogens (tertiary/aromatic N) is 2. The van der Waals surface area contributed by atoms with Crippen molar-refractivity contribution in [2.24, 2.45) is 5.73 Å². The summed E-state index contributed by atoms with van der Waals surface area (Å²) in [6, 6.07) is 3.46. The molecule has 0 atom stereocenters. The van der Waals surface area contributed by atoms with Crippen molar-refractivity contribution < 1.29 is 0 Å². The van der Waals surface area contributed by atoms with Crippen LogP contribution < -0.4 is 5.73 Å². The van der Waals surface area contributed by atoms with Gasteiger partial charge in [0.25, 0.3) is 0 Å². The van der Waals surface area contributed by atoms with Crippen molar-refractivity contribution in [2.45, 2.75) is 0 Å². The van der Waals surface area contributed by atoms with Gasteiger partial charge in [-0.3, -0.25) is 0 Å². The molecule has 0 spiro atoms. The minimum absolute atomic E-state index is 0.0986. The molecule has 0 amide bonds. The molecule has 0 heterocycles. The summed E-state index contributed by atoms with van der Waals surface area (Å²) in [7, 11) is 0. The van der Waals surface area contributed by atoms with Gasteiger partial charge in [-0.1, -0.05) is 0 Å². The van der Waals surface area contributed by atoms with E-state index in [1.165, 1.54) is 18.2 Å². The van der Waals surface area contributed by atoms with Gasteiger partial charge in [0.1, 0.15) is 11.8 Å². The maximum absolute atomic E-state index is 8.07. The summed E-state index contributed by atoms with van der Waals surface area (Å²) < 4.78 is 0. The summed E-state index contributed by atoms with van der Waals surface area (Å²) in [5.41, 5.74) is 5.15. The molecule has 0 rings (SSSR count). The summed E-state index contributed by atoms with van der Waals surface area (Å²) in [6.45, 7) is 0. The summed E-state index contributed by atoms with van der Waals surface area (Å²) in [4.78, 5) is 0. The van der Waals surface area contributed by atoms with Crippen LogP contribution in [0.2, 0.25) is 0 Å². The third-order valence-corrected chi connectivity index (χ3v) is 0.576. The molecule has 0 saturated carbocycles. The average Bonchev–Trinajstić information content (AvgIpc) is 1.89. The lowest BCUT2D eigenvalue weighted by Crippen LogP contribution is -1.90. The second kappa shape index (κ2) is 4.42. The molecule has 0 radical (unpaired) electrons. The molecule has 0 aromatic heterocycles. The van der Waals surface area contributed by atoms with Crippen molar-refractivity contribution in [2.75, 3.05) is 0 Å². The minimum atomic E-state index is 0.0986. The standard InChI is InChI=1S/C6H5N3/c7-4-2-1-3-6(9)5-8/h1-3H,9H2/b2-1+,6-3-. The van der Waals surface area contributed by atoms with Gasteiger partial charge in [-0.15, -0.1) is 0 Å². The van der Waals surface area contributed by atoms with E-state index in [9.17, 15) is 0 Å². The molecule has 0 fully saturated rings. The Morgan fingerprint density at radius 3 is 2.56 bits per heavy atom. The van der Waals surface area contributed by atoms with Crippen molar-refractivity contribution in [1.82, 2.24) is 0 Å². The molecule has 0 aromatic rings. The maximum Gasteiger partial charge on any atom is 0.117 e. The molecule has 2 N–H and O–H groups in total. The van der Waals surface area contributed by atoms with Gasteiger partial charge in [0, 0.05) is 6.08 Å². The molecule has 0 saturated heterocycles. The minimum Gasteiger partial charge on any atom is -0.390 e. The van der Waals surface area contributed by atoms with Crippen LogP contribution in [0.4, 0.5) is 0 Å². The van der Waals surface area contributed by atoms with E-state index in [1.807, 2.05) is 0 Å². The maximum atomic E-state index is 8.07. The number of nitriles is 2. The summed E-state index contributed by atoms with van der Waals surface area (Å²) >= 11 is 0. The van der Waals surface area contributed by atoms with E-state index in [1.54, 1.807) is 12.1 Å². The molecule has 0 aliphatic carbocycles. The molecule has 0 aliphatic rings. The first kappa shape index (κ1) is 7.26. The Morgan fingerprint density at radius 2 is 2.11 bits per heavy atom. The van der Waals surface area contributed by atoms with Crippen LogP contribution in [0.25, 0.3) is 0 Å². The Bertz CT molecular complexity index is 211. The molecular formula is C6H5N3. The fraction of sp³-hybridized carbons (Fsp3) is 0. The number of rotatable bonds is 1. The zero-order chi connectivity index (χ0) is 7.11. The van der Waals surface area contributed by atoms with Crippen LogP contribution in [0.1, 0.15) is 0 Å². The van der Waals surface area contributed by atoms with Gasteiger partial charge >= 0.3 is 0 Å². The van der Waals surface area contributed by atoms with Crippen LogP contribution in [0.15, 0.2) is 23.9 Å². The van der Waals surface area contributed by atoms with Crippen LogP contribution in [0.3, 0.4) is 0 Å². The SMILES string of the molecule is N#C/C=C/C=C(\N)C#N. The van der Waals surface area contributed by atoms with Gasteiger partial charge in [0.15, 0.2) is 0 Å². The molecule has 0 aliphatic heterocycles. The van der Waals surface area contributed by atoms with E-state index in [-0.39, 0.29) is 5.70 Å². The van der Waals surface area contributed by atoms with E-state index >= 15 is 0 Å². The Morgan fingerprint density at radius 1 is 1.44 bits per heavy atom. The largest absolute Gasteiger partial charge is 0.390 e. The van der Waals surface area contributed by atoms with Gasteiger partial charge in [-0.2, -0.15) is 10.5 Å². The predicted molar refractivity (Wildman–Crippen MR) is 32.6 cm³/mol. The molecule has 9 heavy (non-hydrogen) atoms. The number of allylic oxidation sites excluding steroid dienone is 4. The lowest BCUT2D eigenvalue weighted by Gasteiger charge is -1.75. The average molecular weight is 119 g/mol. The Hall–Kier alpha value is -1.74. The number of hydrogen-bond acceptors (Lipinski definition) is 3. The van der Waals surface area contributed by atoms with E-state index in [2.05, 4.69) is 0 Å². The highest BCUT2D eigenvalue weighted by Crippen LogP contribution is 1.80. The van der Waals surface area contributed by atoms with Crippen LogP contribution in [-0.2, 0) is 0 Å². The highest BCUT2D eigenvalue weighted by molar-refractivity contribution is 5.23. The monoisotopic (exact) mass is 119 g/mol. The Balaban J connectivity index is 3.91. The summed E-state index contributed by atoms with van der Waals surface area (Å²) in [5.74, 6) is 0. The number of nitrogens with two attached hydrogens (primary N) is 1. The van der Waals surface area contributed by atoms with Crippen molar-refractivity contribution in [1.29, 1.82) is 10.5 Å². The fourth-order valence-electron chi connectivity index (χ4n) is 0.232. The smallest absolute Gasteiger partial charge is 0.117 e. The first-order valence-electron chi connectivity index (χ1n) is 2.23. The molecule has 3 nitrogen and oxygen atoms in total. The van der Waals surface area contributed by atoms with E-state index < -0.39 is 0 Å². The van der Waals surface area contributed by atoms with Crippen LogP contribution in [0.5, 0.6) is 0 Å². The lowest BCUT2D eigenvalue weighted by atomic mass is 10.4. The molecule has 0 unspecified atom stereocenters. The molecule has 44 valence electrons. The van der Waals surface area contributed by atoms with Gasteiger partial charge in [-0.25, -0.2) is 0 Å². The van der Waals surface area contributed by atoms with Crippen molar-refractivity contribution in [3.63, 3.8) is 0 Å². The first-order valence-corrected chi connectivity index (χ1v) is 2.23. The first-order chi connectivity index (χ1) is 4.31. The Kier molecular flexibility index (Phi) is 3.57. The fourth-order valence-corrected chi connectivity index (χ4v) is 0.232. The second-order valence-corrected chi connectivity index (χ2v) is 1.22. The third kappa shape index (κ3) is 4.11. The number of hydrogen-bond donors (Lipinski definition) is 1. The molecule has 0 aromatic carbocycles. The second-order valence-electron chi connectivity index (χ2n) is 1.22. The normalized spacial score (nSPS) is 10.7. The summed E-state index contributed by atoms with van der Waals surface area (Å²) in [6.07, 6.45) is 4.02. The van der Waals surface area contributed by atoms with E-state index in [0.29, 0.717) is 0 Å². The molecular weight excluding hydrogens is 114 g/mol. The van der Waals surface area contributed by atoms with Crippen molar-refractivity contribution in [3.05, 3.63) is 23.9 Å². The molecule has 0 bridgehead atoms. The van der Waals surface area contributed by atoms with E-state index in [4.69, 9.17) is 16.3 Å². The van der Waals surface area contributed by atoms with E-state index in [0.717, 1.165) is 0 Å². The van der Waals surface area contributed by atoms with Gasteiger partial charge in [-0.05, 0) is 12.2 Å². The van der Waals surface area contributed by atoms with Crippen molar-refractivity contribution >= 4 is 0 Å². The zero-order valence-corrected chi connectivity index (χ0v) is 4.70. The topological polar surface area (TPSA) is 73.6 Å². The van der Waals surface area contributed by atoms with Crippen LogP contribution >= 0.6 is 0 Å². The predicted octanol–water partition coefficient (Wildman–Crippen LogP) is 0.432. The van der Waals surface area contributed by atoms with Gasteiger partial charge in [0.05, 0.1) is 6.07 Å². The van der Waals surface area contributed by atoms with Crippen molar-refractivity contribution in [3.8, 4) is 12.1 Å². The molecule has 3 heteroatoms. The highest BCUT2D eigenvalue weighted by atomic mass is 14.6. The third-order valence-electron chi connectivity index (χ3n) is 0.576. The quantitative estimate of drug-likeness (QED) is 0.402. The van der Waals surface area contributed by atoms with Crippen LogP contribution in [0, 0.1) is 22.7 Å². The summed E-state index contributed by atoms with van der Waals surface area (Å²) in [5, 5.41) is 16.0. The van der Waals surface area contributed by atoms with Gasteiger partial charge in [0.2, 0.25) is 0 Å². The lowest BCUT2D eigenvalue weighted by molar-refractivity contribution is 1.39. The van der Waals surface area contributed by atoms with Crippen LogP contribution in [-0.4, -0.2) is 0 Å². The van der Waals surface area contributed by atoms with Gasteiger partial charge < -0.3 is 5.73 Å². The Labute approximate surface area is 53.3 Å².